The minimum atomic E-state index is -2.21. The highest BCUT2D eigenvalue weighted by Crippen LogP contribution is 1.78. The second-order valence-electron chi connectivity index (χ2n) is 0.950. The van der Waals surface area contributed by atoms with Crippen molar-refractivity contribution in [2.45, 2.75) is 0 Å². The summed E-state index contributed by atoms with van der Waals surface area (Å²) in [6.07, 6.45) is 0. The van der Waals surface area contributed by atoms with Gasteiger partial charge in [-0.05, 0) is 0 Å². The summed E-state index contributed by atoms with van der Waals surface area (Å²) < 4.78 is 14.5. The normalized spacial score (nSPS) is 8.38. The van der Waals surface area contributed by atoms with Gasteiger partial charge in [-0.15, -0.1) is 0 Å². The summed E-state index contributed by atoms with van der Waals surface area (Å²) in [4.78, 5) is 9.70. The highest BCUT2D eigenvalue weighted by Gasteiger charge is 2.14. The van der Waals surface area contributed by atoms with E-state index in [1.165, 1.54) is 0 Å². The lowest BCUT2D eigenvalue weighted by Gasteiger charge is -1.95. The molecule has 0 saturated carbocycles. The fourth-order valence-electron chi connectivity index (χ4n) is 0.149. The van der Waals surface area contributed by atoms with E-state index in [0.717, 1.165) is 0 Å². The van der Waals surface area contributed by atoms with Crippen molar-refractivity contribution in [3.05, 3.63) is 0 Å². The lowest BCUT2D eigenvalue weighted by atomic mass is 10.3. The van der Waals surface area contributed by atoms with Gasteiger partial charge in [0.1, 0.15) is 0 Å². The van der Waals surface area contributed by atoms with Crippen LogP contribution in [0.15, 0.2) is 0 Å². The Morgan fingerprint density at radius 1 is 1.75 bits per heavy atom. The molecule has 0 heterocycles. The standard InChI is InChI=1S/C2H4BFO4/c4-1-2(5)8-3(6)7/h6-7H,1H2. The molecule has 0 fully saturated rings. The maximum atomic E-state index is 11.1. The number of carbonyl (C=O) groups is 1. The first kappa shape index (κ1) is 7.38. The molecule has 0 spiro atoms. The van der Waals surface area contributed by atoms with Crippen molar-refractivity contribution in [3.8, 4) is 0 Å². The minimum absolute atomic E-state index is 1.29. The molecule has 0 amide bonds. The first-order chi connectivity index (χ1) is 3.66. The number of carbonyl (C=O) groups excluding carboxylic acids is 1. The molecule has 2 N–H and O–H groups in total. The lowest BCUT2D eigenvalue weighted by Crippen LogP contribution is -2.22. The molecule has 0 aromatic rings. The Morgan fingerprint density at radius 2 is 2.25 bits per heavy atom. The number of alkyl halides is 1. The summed E-state index contributed by atoms with van der Waals surface area (Å²) in [6, 6.07) is 0. The molecule has 0 rings (SSSR count). The van der Waals surface area contributed by atoms with Crippen LogP contribution in [0, 0.1) is 0 Å². The van der Waals surface area contributed by atoms with Crippen molar-refractivity contribution in [1.29, 1.82) is 0 Å². The maximum Gasteiger partial charge on any atom is 0.709 e. The molecule has 0 aliphatic heterocycles. The average molecular weight is 122 g/mol. The van der Waals surface area contributed by atoms with Crippen LogP contribution in [0.3, 0.4) is 0 Å². The Labute approximate surface area is 45.1 Å². The van der Waals surface area contributed by atoms with Crippen LogP contribution in [0.4, 0.5) is 4.39 Å². The van der Waals surface area contributed by atoms with E-state index in [-0.39, 0.29) is 0 Å². The zero-order chi connectivity index (χ0) is 6.57. The van der Waals surface area contributed by atoms with Crippen LogP contribution in [0.2, 0.25) is 0 Å². The molecule has 0 aliphatic carbocycles. The molecule has 4 nitrogen and oxygen atoms in total. The van der Waals surface area contributed by atoms with Crippen LogP contribution < -0.4 is 0 Å². The fraction of sp³-hybridized carbons (Fsp3) is 0.500. The predicted molar refractivity (Wildman–Crippen MR) is 22.3 cm³/mol. The third-order valence-corrected chi connectivity index (χ3v) is 0.346. The van der Waals surface area contributed by atoms with Crippen LogP contribution in [0.25, 0.3) is 0 Å². The van der Waals surface area contributed by atoms with Gasteiger partial charge in [0.2, 0.25) is 0 Å². The SMILES string of the molecule is O=C(CF)OB(O)O. The lowest BCUT2D eigenvalue weighted by molar-refractivity contribution is -0.137. The van der Waals surface area contributed by atoms with Crippen molar-refractivity contribution in [2.75, 3.05) is 6.67 Å². The van der Waals surface area contributed by atoms with Gasteiger partial charge >= 0.3 is 13.3 Å². The quantitative estimate of drug-likeness (QED) is 0.436. The molecule has 0 unspecified atom stereocenters. The summed E-state index contributed by atoms with van der Waals surface area (Å²) in [6.45, 7) is -1.35. The first-order valence-electron chi connectivity index (χ1n) is 1.78. The van der Waals surface area contributed by atoms with Crippen LogP contribution in [-0.4, -0.2) is 30.0 Å². The molecule has 0 saturated heterocycles. The summed E-state index contributed by atoms with van der Waals surface area (Å²) in [5.41, 5.74) is 0. The van der Waals surface area contributed by atoms with Crippen molar-refractivity contribution >= 4 is 13.3 Å². The average Bonchev–Trinajstić information content (AvgIpc) is 1.65. The van der Waals surface area contributed by atoms with Crippen LogP contribution in [-0.2, 0) is 9.45 Å². The molecule has 0 radical (unpaired) electrons. The van der Waals surface area contributed by atoms with Gasteiger partial charge in [0.25, 0.3) is 0 Å². The van der Waals surface area contributed by atoms with Gasteiger partial charge in [0.15, 0.2) is 6.67 Å². The highest BCUT2D eigenvalue weighted by atomic mass is 19.1. The van der Waals surface area contributed by atoms with E-state index in [2.05, 4.69) is 4.65 Å². The van der Waals surface area contributed by atoms with E-state index < -0.39 is 20.0 Å². The van der Waals surface area contributed by atoms with Gasteiger partial charge < -0.3 is 14.7 Å². The second-order valence-corrected chi connectivity index (χ2v) is 0.950. The Hall–Kier alpha value is -0.615. The molecule has 0 aromatic carbocycles. The molecule has 6 heteroatoms. The molecule has 0 atom stereocenters. The molecular formula is C2H4BFO4. The highest BCUT2D eigenvalue weighted by molar-refractivity contribution is 6.35. The van der Waals surface area contributed by atoms with E-state index >= 15 is 0 Å². The van der Waals surface area contributed by atoms with Gasteiger partial charge in [-0.25, -0.2) is 4.39 Å². The number of hydrogen-bond acceptors (Lipinski definition) is 4. The third-order valence-electron chi connectivity index (χ3n) is 0.346. The molecular weight excluding hydrogens is 118 g/mol. The zero-order valence-electron chi connectivity index (χ0n) is 3.87. The Balaban J connectivity index is 3.25. The van der Waals surface area contributed by atoms with Gasteiger partial charge in [-0.1, -0.05) is 0 Å². The number of halogens is 1. The van der Waals surface area contributed by atoms with E-state index in [9.17, 15) is 9.18 Å². The smallest absolute Gasteiger partial charge is 0.483 e. The summed E-state index contributed by atoms with van der Waals surface area (Å²) >= 11 is 0. The maximum absolute atomic E-state index is 11.1. The Bertz CT molecular complexity index is 84.1. The van der Waals surface area contributed by atoms with Crippen LogP contribution in [0.1, 0.15) is 0 Å². The minimum Gasteiger partial charge on any atom is -0.483 e. The molecule has 0 aromatic heterocycles. The van der Waals surface area contributed by atoms with E-state index in [0.29, 0.717) is 0 Å². The van der Waals surface area contributed by atoms with Crippen molar-refractivity contribution in [3.63, 3.8) is 0 Å². The predicted octanol–water partition coefficient (Wildman–Crippen LogP) is -1.53. The van der Waals surface area contributed by atoms with Crippen molar-refractivity contribution < 1.29 is 23.9 Å². The third kappa shape index (κ3) is 3.57. The monoisotopic (exact) mass is 122 g/mol. The summed E-state index contributed by atoms with van der Waals surface area (Å²) in [5.74, 6) is -1.29. The summed E-state index contributed by atoms with van der Waals surface area (Å²) in [7, 11) is -2.21. The molecule has 0 aliphatic rings. The summed E-state index contributed by atoms with van der Waals surface area (Å²) in [5, 5.41) is 15.6. The second kappa shape index (κ2) is 3.39. The van der Waals surface area contributed by atoms with Crippen LogP contribution >= 0.6 is 0 Å². The molecule has 8 heavy (non-hydrogen) atoms. The Morgan fingerprint density at radius 3 is 2.38 bits per heavy atom. The van der Waals surface area contributed by atoms with Gasteiger partial charge in [0, 0.05) is 0 Å². The van der Waals surface area contributed by atoms with Crippen molar-refractivity contribution in [2.24, 2.45) is 0 Å². The molecule has 46 valence electrons. The van der Waals surface area contributed by atoms with E-state index in [1.807, 2.05) is 0 Å². The molecule has 0 bridgehead atoms. The zero-order valence-corrected chi connectivity index (χ0v) is 3.87. The first-order valence-corrected chi connectivity index (χ1v) is 1.78. The van der Waals surface area contributed by atoms with Gasteiger partial charge in [0.05, 0.1) is 0 Å². The fourth-order valence-corrected chi connectivity index (χ4v) is 0.149. The van der Waals surface area contributed by atoms with Crippen LogP contribution in [0.5, 0.6) is 0 Å². The largest absolute Gasteiger partial charge is 0.709 e. The number of hydrogen-bond donors (Lipinski definition) is 2. The topological polar surface area (TPSA) is 66.8 Å². The van der Waals surface area contributed by atoms with E-state index in [4.69, 9.17) is 10.0 Å². The van der Waals surface area contributed by atoms with Crippen molar-refractivity contribution in [1.82, 2.24) is 0 Å². The number of rotatable bonds is 2. The van der Waals surface area contributed by atoms with Gasteiger partial charge in [-0.3, -0.25) is 4.79 Å². The van der Waals surface area contributed by atoms with E-state index in [1.54, 1.807) is 0 Å². The van der Waals surface area contributed by atoms with Gasteiger partial charge in [-0.2, -0.15) is 0 Å². The Kier molecular flexibility index (Phi) is 3.13.